The molecule has 1 unspecified atom stereocenters. The Morgan fingerprint density at radius 3 is 2.52 bits per heavy atom. The third-order valence-corrected chi connectivity index (χ3v) is 3.78. The van der Waals surface area contributed by atoms with Gasteiger partial charge in [0.05, 0.1) is 12.1 Å². The van der Waals surface area contributed by atoms with Gasteiger partial charge in [0.1, 0.15) is 0 Å². The number of carbonyl (C=O) groups excluding carboxylic acids is 1. The van der Waals surface area contributed by atoms with E-state index in [2.05, 4.69) is 5.32 Å². The van der Waals surface area contributed by atoms with Gasteiger partial charge in [-0.2, -0.15) is 0 Å². The maximum absolute atomic E-state index is 11.9. The molecule has 112 valence electrons. The Bertz CT molecular complexity index is 625. The number of benzene rings is 2. The van der Waals surface area contributed by atoms with Crippen LogP contribution in [-0.4, -0.2) is 42.6 Å². The second-order valence-electron chi connectivity index (χ2n) is 5.51. The molecule has 2 aromatic carbocycles. The van der Waals surface area contributed by atoms with E-state index in [4.69, 9.17) is 0 Å². The van der Waals surface area contributed by atoms with E-state index >= 15 is 0 Å². The highest BCUT2D eigenvalue weighted by Crippen LogP contribution is 2.20. The number of likely N-dealkylation sites (N-methyl/N-ethyl adjacent to an activating group) is 1. The molecule has 4 nitrogen and oxygen atoms in total. The third kappa shape index (κ3) is 3.80. The van der Waals surface area contributed by atoms with Crippen molar-refractivity contribution in [3.05, 3.63) is 48.0 Å². The van der Waals surface area contributed by atoms with Gasteiger partial charge >= 0.3 is 0 Å². The summed E-state index contributed by atoms with van der Waals surface area (Å²) in [5, 5.41) is 15.2. The van der Waals surface area contributed by atoms with Crippen molar-refractivity contribution in [3.63, 3.8) is 0 Å². The van der Waals surface area contributed by atoms with E-state index in [1.54, 1.807) is 0 Å². The van der Waals surface area contributed by atoms with E-state index < -0.39 is 6.10 Å². The molecule has 4 heteroatoms. The maximum atomic E-state index is 11.9. The van der Waals surface area contributed by atoms with Crippen LogP contribution in [0.2, 0.25) is 0 Å². The molecule has 0 aromatic heterocycles. The lowest BCUT2D eigenvalue weighted by atomic mass is 10.0. The Kier molecular flexibility index (Phi) is 4.94. The molecular weight excluding hydrogens is 264 g/mol. The summed E-state index contributed by atoms with van der Waals surface area (Å²) in [6, 6.07) is 13.6. The monoisotopic (exact) mass is 286 g/mol. The van der Waals surface area contributed by atoms with E-state index in [1.165, 1.54) is 0 Å². The molecule has 21 heavy (non-hydrogen) atoms. The van der Waals surface area contributed by atoms with E-state index in [9.17, 15) is 9.90 Å². The van der Waals surface area contributed by atoms with Crippen molar-refractivity contribution >= 4 is 16.7 Å². The number of carbonyl (C=O) groups is 1. The van der Waals surface area contributed by atoms with Crippen LogP contribution in [0, 0.1) is 0 Å². The fourth-order valence-corrected chi connectivity index (χ4v) is 2.11. The van der Waals surface area contributed by atoms with E-state index in [0.29, 0.717) is 0 Å². The van der Waals surface area contributed by atoms with Crippen LogP contribution in [0.1, 0.15) is 18.6 Å². The summed E-state index contributed by atoms with van der Waals surface area (Å²) in [6.45, 7) is 2.05. The Morgan fingerprint density at radius 1 is 1.19 bits per heavy atom. The Morgan fingerprint density at radius 2 is 1.86 bits per heavy atom. The number of rotatable bonds is 5. The van der Waals surface area contributed by atoms with Crippen molar-refractivity contribution in [2.24, 2.45) is 0 Å². The van der Waals surface area contributed by atoms with Crippen molar-refractivity contribution in [1.82, 2.24) is 10.2 Å². The number of fused-ring (bicyclic) bond motifs is 1. The average Bonchev–Trinajstić information content (AvgIpc) is 2.50. The van der Waals surface area contributed by atoms with Crippen LogP contribution >= 0.6 is 0 Å². The molecule has 0 aliphatic carbocycles. The van der Waals surface area contributed by atoms with Gasteiger partial charge in [-0.1, -0.05) is 36.4 Å². The van der Waals surface area contributed by atoms with Gasteiger partial charge < -0.3 is 10.4 Å². The molecule has 2 atom stereocenters. The fourth-order valence-electron chi connectivity index (χ4n) is 2.11. The molecule has 1 amide bonds. The van der Waals surface area contributed by atoms with Crippen molar-refractivity contribution in [2.45, 2.75) is 19.1 Å². The highest BCUT2D eigenvalue weighted by Gasteiger charge is 2.16. The zero-order valence-corrected chi connectivity index (χ0v) is 12.7. The van der Waals surface area contributed by atoms with Crippen molar-refractivity contribution in [3.8, 4) is 0 Å². The summed E-state index contributed by atoms with van der Waals surface area (Å²) in [7, 11) is 3.70. The number of hydrogen-bond acceptors (Lipinski definition) is 3. The highest BCUT2D eigenvalue weighted by molar-refractivity contribution is 5.83. The topological polar surface area (TPSA) is 52.6 Å². The van der Waals surface area contributed by atoms with Crippen LogP contribution in [0.5, 0.6) is 0 Å². The second-order valence-corrected chi connectivity index (χ2v) is 5.51. The van der Waals surface area contributed by atoms with E-state index in [1.807, 2.05) is 68.4 Å². The second kappa shape index (κ2) is 6.70. The van der Waals surface area contributed by atoms with Gasteiger partial charge in [0.2, 0.25) is 5.91 Å². The lowest BCUT2D eigenvalue weighted by Crippen LogP contribution is -2.42. The average molecular weight is 286 g/mol. The number of amides is 1. The Labute approximate surface area is 125 Å². The quantitative estimate of drug-likeness (QED) is 0.883. The molecule has 0 spiro atoms. The molecule has 0 aliphatic rings. The van der Waals surface area contributed by atoms with Gasteiger partial charge in [-0.15, -0.1) is 0 Å². The van der Waals surface area contributed by atoms with Crippen LogP contribution in [0.4, 0.5) is 0 Å². The maximum Gasteiger partial charge on any atom is 0.237 e. The van der Waals surface area contributed by atoms with Gasteiger partial charge in [0.15, 0.2) is 0 Å². The van der Waals surface area contributed by atoms with Gasteiger partial charge in [-0.25, -0.2) is 0 Å². The number of hydrogen-bond donors (Lipinski definition) is 2. The van der Waals surface area contributed by atoms with E-state index in [-0.39, 0.29) is 18.5 Å². The molecule has 2 aromatic rings. The molecule has 0 saturated carbocycles. The normalized spacial score (nSPS) is 14.1. The predicted octanol–water partition coefficient (Wildman–Crippen LogP) is 1.94. The van der Waals surface area contributed by atoms with Crippen LogP contribution < -0.4 is 5.32 Å². The van der Waals surface area contributed by atoms with Crippen LogP contribution in [0.25, 0.3) is 10.8 Å². The fraction of sp³-hybridized carbons (Fsp3) is 0.353. The lowest BCUT2D eigenvalue weighted by Gasteiger charge is -2.20. The van der Waals surface area contributed by atoms with Crippen LogP contribution in [-0.2, 0) is 4.79 Å². The number of aliphatic hydroxyl groups excluding tert-OH is 1. The van der Waals surface area contributed by atoms with Gasteiger partial charge in [-0.3, -0.25) is 9.69 Å². The molecule has 0 heterocycles. The zero-order valence-electron chi connectivity index (χ0n) is 12.7. The first-order valence-corrected chi connectivity index (χ1v) is 7.10. The molecule has 2 rings (SSSR count). The van der Waals surface area contributed by atoms with Crippen molar-refractivity contribution in [2.75, 3.05) is 20.6 Å². The SMILES string of the molecule is C[C@@H](C(=O)NCC(O)c1ccc2ccccc2c1)N(C)C. The number of aliphatic hydroxyl groups is 1. The molecular formula is C17H22N2O2. The molecule has 2 N–H and O–H groups in total. The number of nitrogens with zero attached hydrogens (tertiary/aromatic N) is 1. The number of nitrogens with one attached hydrogen (secondary N) is 1. The lowest BCUT2D eigenvalue weighted by molar-refractivity contribution is -0.125. The van der Waals surface area contributed by atoms with Gasteiger partial charge in [-0.05, 0) is 43.4 Å². The first kappa shape index (κ1) is 15.5. The smallest absolute Gasteiger partial charge is 0.237 e. The minimum atomic E-state index is -0.701. The predicted molar refractivity (Wildman–Crippen MR) is 85.1 cm³/mol. The Hall–Kier alpha value is -1.91. The molecule has 0 fully saturated rings. The third-order valence-electron chi connectivity index (χ3n) is 3.78. The molecule has 0 saturated heterocycles. The van der Waals surface area contributed by atoms with Gasteiger partial charge in [0, 0.05) is 6.54 Å². The summed E-state index contributed by atoms with van der Waals surface area (Å²) < 4.78 is 0. The first-order valence-electron chi connectivity index (χ1n) is 7.10. The van der Waals surface area contributed by atoms with Gasteiger partial charge in [0.25, 0.3) is 0 Å². The molecule has 0 radical (unpaired) electrons. The summed E-state index contributed by atoms with van der Waals surface area (Å²) in [4.78, 5) is 13.7. The highest BCUT2D eigenvalue weighted by atomic mass is 16.3. The Balaban J connectivity index is 2.02. The summed E-state index contributed by atoms with van der Waals surface area (Å²) in [5.41, 5.74) is 0.812. The summed E-state index contributed by atoms with van der Waals surface area (Å²) >= 11 is 0. The summed E-state index contributed by atoms with van der Waals surface area (Å²) in [6.07, 6.45) is -0.701. The minimum absolute atomic E-state index is 0.0835. The first-order chi connectivity index (χ1) is 9.99. The van der Waals surface area contributed by atoms with E-state index in [0.717, 1.165) is 16.3 Å². The van der Waals surface area contributed by atoms with Crippen LogP contribution in [0.3, 0.4) is 0 Å². The summed E-state index contributed by atoms with van der Waals surface area (Å²) in [5.74, 6) is -0.0835. The van der Waals surface area contributed by atoms with Crippen LogP contribution in [0.15, 0.2) is 42.5 Å². The standard InChI is InChI=1S/C17H22N2O2/c1-12(19(2)3)17(21)18-11-16(20)15-9-8-13-6-4-5-7-14(13)10-15/h4-10,12,16,20H,11H2,1-3H3,(H,18,21)/t12-,16?/m0/s1. The van der Waals surface area contributed by atoms with Crippen molar-refractivity contribution in [1.29, 1.82) is 0 Å². The largest absolute Gasteiger partial charge is 0.387 e. The zero-order chi connectivity index (χ0) is 15.4. The molecule has 0 aliphatic heterocycles. The minimum Gasteiger partial charge on any atom is -0.387 e. The molecule has 0 bridgehead atoms. The van der Waals surface area contributed by atoms with Crippen molar-refractivity contribution < 1.29 is 9.90 Å².